The van der Waals surface area contributed by atoms with E-state index in [4.69, 9.17) is 9.47 Å². The molecule has 0 saturated carbocycles. The minimum atomic E-state index is -0.839. The fraction of sp³-hybridized carbons (Fsp3) is 0.529. The summed E-state index contributed by atoms with van der Waals surface area (Å²) in [6.07, 6.45) is 1.55. The van der Waals surface area contributed by atoms with Gasteiger partial charge in [-0.15, -0.1) is 0 Å². The van der Waals surface area contributed by atoms with E-state index in [1.54, 1.807) is 13.8 Å². The Morgan fingerprint density at radius 1 is 1.00 bits per heavy atom. The fourth-order valence-corrected chi connectivity index (χ4v) is 2.23. The highest BCUT2D eigenvalue weighted by Crippen LogP contribution is 2.21. The smallest absolute Gasteiger partial charge is 0.320 e. The van der Waals surface area contributed by atoms with Crippen LogP contribution in [0.3, 0.4) is 0 Å². The molecule has 0 unspecified atom stereocenters. The zero-order valence-corrected chi connectivity index (χ0v) is 13.0. The van der Waals surface area contributed by atoms with E-state index in [2.05, 4.69) is 0 Å². The molecule has 4 nitrogen and oxygen atoms in total. The minimum absolute atomic E-state index is 0.122. The minimum Gasteiger partial charge on any atom is -0.465 e. The molecule has 0 aliphatic carbocycles. The van der Waals surface area contributed by atoms with Gasteiger partial charge in [-0.2, -0.15) is 0 Å². The normalized spacial score (nSPS) is 12.0. The number of esters is 2. The Labute approximate surface area is 126 Å². The van der Waals surface area contributed by atoms with Crippen LogP contribution in [0.4, 0.5) is 0 Å². The first-order valence-electron chi connectivity index (χ1n) is 7.47. The first kappa shape index (κ1) is 17.2. The molecule has 0 radical (unpaired) electrons. The summed E-state index contributed by atoms with van der Waals surface area (Å²) in [5.41, 5.74) is 1.19. The van der Waals surface area contributed by atoms with Gasteiger partial charge >= 0.3 is 11.9 Å². The van der Waals surface area contributed by atoms with Crippen molar-refractivity contribution >= 4 is 11.9 Å². The molecule has 4 heteroatoms. The van der Waals surface area contributed by atoms with Crippen molar-refractivity contribution in [1.29, 1.82) is 0 Å². The molecular formula is C17H24O4. The standard InChI is InChI=1S/C17H24O4/c1-4-20-16(18)15(17(19)21-5-2)13(3)11-12-14-9-7-6-8-10-14/h6-10,13,15H,4-5,11-12H2,1-3H3/t13-/m0/s1. The van der Waals surface area contributed by atoms with E-state index >= 15 is 0 Å². The maximum Gasteiger partial charge on any atom is 0.320 e. The lowest BCUT2D eigenvalue weighted by Gasteiger charge is -2.20. The lowest BCUT2D eigenvalue weighted by atomic mass is 9.88. The molecule has 1 aromatic carbocycles. The van der Waals surface area contributed by atoms with Gasteiger partial charge in [-0.1, -0.05) is 37.3 Å². The number of carbonyl (C=O) groups is 2. The van der Waals surface area contributed by atoms with Crippen LogP contribution in [-0.4, -0.2) is 25.2 Å². The van der Waals surface area contributed by atoms with E-state index in [9.17, 15) is 9.59 Å². The average Bonchev–Trinajstić information content (AvgIpc) is 2.47. The largest absolute Gasteiger partial charge is 0.465 e. The van der Waals surface area contributed by atoms with Crippen molar-refractivity contribution in [2.45, 2.75) is 33.6 Å². The Morgan fingerprint density at radius 3 is 2.00 bits per heavy atom. The fourth-order valence-electron chi connectivity index (χ4n) is 2.23. The van der Waals surface area contributed by atoms with E-state index in [0.29, 0.717) is 0 Å². The SMILES string of the molecule is CCOC(=O)C(C(=O)OCC)[C@@H](C)CCc1ccccc1. The molecule has 0 bridgehead atoms. The first-order valence-corrected chi connectivity index (χ1v) is 7.47. The van der Waals surface area contributed by atoms with Gasteiger partial charge in [0.05, 0.1) is 13.2 Å². The monoisotopic (exact) mass is 292 g/mol. The van der Waals surface area contributed by atoms with Crippen molar-refractivity contribution in [1.82, 2.24) is 0 Å². The van der Waals surface area contributed by atoms with Crippen LogP contribution in [-0.2, 0) is 25.5 Å². The van der Waals surface area contributed by atoms with Crippen LogP contribution >= 0.6 is 0 Å². The number of hydrogen-bond acceptors (Lipinski definition) is 4. The topological polar surface area (TPSA) is 52.6 Å². The van der Waals surface area contributed by atoms with Crippen LogP contribution in [0.2, 0.25) is 0 Å². The van der Waals surface area contributed by atoms with Gasteiger partial charge in [-0.05, 0) is 38.2 Å². The predicted molar refractivity (Wildman–Crippen MR) is 80.7 cm³/mol. The third kappa shape index (κ3) is 5.58. The first-order chi connectivity index (χ1) is 10.1. The van der Waals surface area contributed by atoms with Gasteiger partial charge < -0.3 is 9.47 Å². The summed E-state index contributed by atoms with van der Waals surface area (Å²) in [7, 11) is 0. The number of benzene rings is 1. The van der Waals surface area contributed by atoms with Gasteiger partial charge in [0, 0.05) is 0 Å². The lowest BCUT2D eigenvalue weighted by Crippen LogP contribution is -2.33. The van der Waals surface area contributed by atoms with Crippen LogP contribution in [0.5, 0.6) is 0 Å². The van der Waals surface area contributed by atoms with E-state index < -0.39 is 17.9 Å². The molecule has 1 aromatic rings. The van der Waals surface area contributed by atoms with Gasteiger partial charge in [0.15, 0.2) is 5.92 Å². The van der Waals surface area contributed by atoms with Crippen LogP contribution in [0.15, 0.2) is 30.3 Å². The molecule has 116 valence electrons. The van der Waals surface area contributed by atoms with Crippen LogP contribution in [0.25, 0.3) is 0 Å². The molecule has 1 atom stereocenters. The summed E-state index contributed by atoms with van der Waals surface area (Å²) in [4.78, 5) is 24.0. The van der Waals surface area contributed by atoms with Crippen LogP contribution < -0.4 is 0 Å². The van der Waals surface area contributed by atoms with Gasteiger partial charge in [0.2, 0.25) is 0 Å². The highest BCUT2D eigenvalue weighted by molar-refractivity contribution is 5.95. The number of rotatable bonds is 8. The molecule has 0 heterocycles. The van der Waals surface area contributed by atoms with E-state index in [-0.39, 0.29) is 19.1 Å². The molecule has 0 spiro atoms. The second kappa shape index (κ2) is 9.16. The number of hydrogen-bond donors (Lipinski definition) is 0. The molecule has 0 amide bonds. The van der Waals surface area contributed by atoms with Crippen LogP contribution in [0, 0.1) is 11.8 Å². The quantitative estimate of drug-likeness (QED) is 0.546. The Hall–Kier alpha value is -1.84. The van der Waals surface area contributed by atoms with E-state index in [1.807, 2.05) is 37.3 Å². The Balaban J connectivity index is 2.68. The van der Waals surface area contributed by atoms with Crippen LogP contribution in [0.1, 0.15) is 32.8 Å². The third-order valence-corrected chi connectivity index (χ3v) is 3.38. The predicted octanol–water partition coefficient (Wildman–Crippen LogP) is 3.00. The summed E-state index contributed by atoms with van der Waals surface area (Å²) < 4.78 is 10.0. The summed E-state index contributed by atoms with van der Waals surface area (Å²) in [6.45, 7) is 5.88. The molecule has 0 N–H and O–H groups in total. The molecule has 0 aliphatic heterocycles. The van der Waals surface area contributed by atoms with E-state index in [0.717, 1.165) is 12.8 Å². The number of aryl methyl sites for hydroxylation is 1. The maximum absolute atomic E-state index is 12.0. The van der Waals surface area contributed by atoms with Crippen molar-refractivity contribution in [2.75, 3.05) is 13.2 Å². The highest BCUT2D eigenvalue weighted by Gasteiger charge is 2.34. The Morgan fingerprint density at radius 2 is 1.52 bits per heavy atom. The zero-order valence-electron chi connectivity index (χ0n) is 13.0. The molecular weight excluding hydrogens is 268 g/mol. The molecule has 0 fully saturated rings. The summed E-state index contributed by atoms with van der Waals surface area (Å²) in [6, 6.07) is 10.0. The molecule has 0 saturated heterocycles. The third-order valence-electron chi connectivity index (χ3n) is 3.38. The second-order valence-corrected chi connectivity index (χ2v) is 4.98. The summed E-state index contributed by atoms with van der Waals surface area (Å²) >= 11 is 0. The zero-order chi connectivity index (χ0) is 15.7. The lowest BCUT2D eigenvalue weighted by molar-refractivity contribution is -0.164. The second-order valence-electron chi connectivity index (χ2n) is 4.98. The van der Waals surface area contributed by atoms with Gasteiger partial charge in [0.25, 0.3) is 0 Å². The van der Waals surface area contributed by atoms with Gasteiger partial charge in [0.1, 0.15) is 0 Å². The summed E-state index contributed by atoms with van der Waals surface area (Å²) in [5.74, 6) is -1.94. The van der Waals surface area contributed by atoms with Crippen molar-refractivity contribution in [3.05, 3.63) is 35.9 Å². The average molecular weight is 292 g/mol. The molecule has 0 aliphatic rings. The highest BCUT2D eigenvalue weighted by atomic mass is 16.6. The Bertz CT molecular complexity index is 423. The van der Waals surface area contributed by atoms with Crippen molar-refractivity contribution in [2.24, 2.45) is 11.8 Å². The molecule has 0 aromatic heterocycles. The van der Waals surface area contributed by atoms with E-state index in [1.165, 1.54) is 5.56 Å². The maximum atomic E-state index is 12.0. The van der Waals surface area contributed by atoms with Crippen molar-refractivity contribution in [3.63, 3.8) is 0 Å². The van der Waals surface area contributed by atoms with Crippen molar-refractivity contribution in [3.8, 4) is 0 Å². The number of carbonyl (C=O) groups excluding carboxylic acids is 2. The van der Waals surface area contributed by atoms with Crippen molar-refractivity contribution < 1.29 is 19.1 Å². The summed E-state index contributed by atoms with van der Waals surface area (Å²) in [5, 5.41) is 0. The Kier molecular flexibility index (Phi) is 7.51. The molecule has 1 rings (SSSR count). The number of ether oxygens (including phenoxy) is 2. The molecule has 21 heavy (non-hydrogen) atoms. The van der Waals surface area contributed by atoms with Gasteiger partial charge in [-0.25, -0.2) is 0 Å². The van der Waals surface area contributed by atoms with Gasteiger partial charge in [-0.3, -0.25) is 9.59 Å².